The van der Waals surface area contributed by atoms with Gasteiger partial charge in [-0.25, -0.2) is 0 Å². The zero-order valence-electron chi connectivity index (χ0n) is 20.4. The van der Waals surface area contributed by atoms with Gasteiger partial charge >= 0.3 is 0 Å². The van der Waals surface area contributed by atoms with E-state index >= 15 is 0 Å². The molecule has 0 bridgehead atoms. The first-order chi connectivity index (χ1) is 17.6. The van der Waals surface area contributed by atoms with Gasteiger partial charge < -0.3 is 24.7 Å². The summed E-state index contributed by atoms with van der Waals surface area (Å²) in [5.41, 5.74) is 5.51. The summed E-state index contributed by atoms with van der Waals surface area (Å²) in [6.07, 6.45) is 0.205. The van der Waals surface area contributed by atoms with Crippen LogP contribution in [0.2, 0.25) is 0 Å². The zero-order valence-corrected chi connectivity index (χ0v) is 20.4. The molecule has 36 heavy (non-hydrogen) atoms. The Balaban J connectivity index is 1.61. The third kappa shape index (κ3) is 4.33. The molecule has 7 heteroatoms. The van der Waals surface area contributed by atoms with E-state index in [0.29, 0.717) is 25.3 Å². The van der Waals surface area contributed by atoms with Crippen molar-refractivity contribution in [3.05, 3.63) is 89.5 Å². The van der Waals surface area contributed by atoms with Crippen molar-refractivity contribution in [1.29, 1.82) is 0 Å². The highest BCUT2D eigenvalue weighted by Crippen LogP contribution is 2.45. The Morgan fingerprint density at radius 1 is 1.03 bits per heavy atom. The number of para-hydroxylation sites is 1. The summed E-state index contributed by atoms with van der Waals surface area (Å²) < 4.78 is 10.5. The molecule has 3 aromatic carbocycles. The molecule has 184 valence electrons. The number of methoxy groups -OCH3 is 2. The maximum atomic E-state index is 13.6. The summed E-state index contributed by atoms with van der Waals surface area (Å²) >= 11 is 0. The van der Waals surface area contributed by atoms with Crippen molar-refractivity contribution in [2.45, 2.75) is 12.5 Å². The van der Waals surface area contributed by atoms with E-state index in [0.717, 1.165) is 39.0 Å². The highest BCUT2D eigenvalue weighted by atomic mass is 16.5. The highest BCUT2D eigenvalue weighted by Gasteiger charge is 2.40. The monoisotopic (exact) mass is 483 g/mol. The number of nitrogens with zero attached hydrogens (tertiary/aromatic N) is 1. The summed E-state index contributed by atoms with van der Waals surface area (Å²) in [6.45, 7) is 1.19. The number of benzene rings is 3. The lowest BCUT2D eigenvalue weighted by molar-refractivity contribution is -0.121. The van der Waals surface area contributed by atoms with Gasteiger partial charge in [-0.05, 0) is 29.8 Å². The predicted molar refractivity (Wildman–Crippen MR) is 139 cm³/mol. The fraction of sp³-hybridized carbons (Fsp3) is 0.241. The smallest absolute Gasteiger partial charge is 0.255 e. The first-order valence-corrected chi connectivity index (χ1v) is 12.0. The minimum Gasteiger partial charge on any atom is -0.497 e. The van der Waals surface area contributed by atoms with Crippen LogP contribution in [0, 0.1) is 0 Å². The van der Waals surface area contributed by atoms with Crippen molar-refractivity contribution in [2.24, 2.45) is 0 Å². The minimum atomic E-state index is -0.335. The molecule has 2 heterocycles. The summed E-state index contributed by atoms with van der Waals surface area (Å²) in [5.74, 6) is 0.577. The fourth-order valence-corrected chi connectivity index (χ4v) is 4.97. The maximum absolute atomic E-state index is 13.6. The van der Waals surface area contributed by atoms with Crippen LogP contribution < -0.4 is 10.1 Å². The Labute approximate surface area is 210 Å². The van der Waals surface area contributed by atoms with Gasteiger partial charge in [0.2, 0.25) is 5.91 Å². The molecule has 0 aliphatic carbocycles. The molecule has 2 amide bonds. The molecule has 1 aliphatic rings. The fourth-order valence-electron chi connectivity index (χ4n) is 4.97. The molecule has 7 nitrogen and oxygen atoms in total. The van der Waals surface area contributed by atoms with Crippen LogP contribution in [0.4, 0.5) is 0 Å². The Kier molecular flexibility index (Phi) is 6.73. The molecule has 1 aromatic heterocycles. The van der Waals surface area contributed by atoms with Gasteiger partial charge in [-0.1, -0.05) is 48.5 Å². The van der Waals surface area contributed by atoms with Gasteiger partial charge in [0.15, 0.2) is 0 Å². The standard InChI is InChI=1S/C29H29N3O4/c1-35-17-15-30-25(33)14-16-32-28(21-10-3-4-11-22(21)29(32)34)26-23-12-5-6-13-24(23)31-27(26)19-8-7-9-20(18-19)36-2/h3-13,18,28,31H,14-17H2,1-2H3,(H,30,33). The molecule has 0 radical (unpaired) electrons. The first-order valence-electron chi connectivity index (χ1n) is 12.0. The Morgan fingerprint density at radius 2 is 1.83 bits per heavy atom. The van der Waals surface area contributed by atoms with Crippen molar-refractivity contribution in [1.82, 2.24) is 15.2 Å². The molecule has 4 aromatic rings. The number of nitrogens with one attached hydrogen (secondary N) is 2. The topological polar surface area (TPSA) is 83.7 Å². The molecular weight excluding hydrogens is 454 g/mol. The molecule has 2 N–H and O–H groups in total. The molecule has 0 spiro atoms. The van der Waals surface area contributed by atoms with E-state index < -0.39 is 0 Å². The van der Waals surface area contributed by atoms with Crippen LogP contribution in [0.3, 0.4) is 0 Å². The zero-order chi connectivity index (χ0) is 25.1. The molecule has 0 fully saturated rings. The third-order valence-electron chi connectivity index (χ3n) is 6.64. The number of carbonyl (C=O) groups excluding carboxylic acids is 2. The number of hydrogen-bond donors (Lipinski definition) is 2. The predicted octanol–water partition coefficient (Wildman–Crippen LogP) is 4.54. The van der Waals surface area contributed by atoms with Gasteiger partial charge in [0.1, 0.15) is 5.75 Å². The van der Waals surface area contributed by atoms with Gasteiger partial charge in [-0.3, -0.25) is 9.59 Å². The number of ether oxygens (including phenoxy) is 2. The second-order valence-corrected chi connectivity index (χ2v) is 8.77. The van der Waals surface area contributed by atoms with Crippen molar-refractivity contribution in [3.63, 3.8) is 0 Å². The number of aromatic amines is 1. The van der Waals surface area contributed by atoms with Crippen molar-refractivity contribution in [2.75, 3.05) is 33.9 Å². The highest BCUT2D eigenvalue weighted by molar-refractivity contribution is 6.02. The Hall–Kier alpha value is -4.10. The third-order valence-corrected chi connectivity index (χ3v) is 6.64. The molecule has 0 saturated heterocycles. The van der Waals surface area contributed by atoms with Crippen LogP contribution in [0.15, 0.2) is 72.8 Å². The number of H-pyrrole nitrogens is 1. The second-order valence-electron chi connectivity index (χ2n) is 8.77. The molecule has 0 saturated carbocycles. The van der Waals surface area contributed by atoms with Crippen LogP contribution in [0.1, 0.15) is 33.9 Å². The summed E-state index contributed by atoms with van der Waals surface area (Å²) in [5, 5.41) is 3.89. The Morgan fingerprint density at radius 3 is 2.67 bits per heavy atom. The second kappa shape index (κ2) is 10.3. The number of fused-ring (bicyclic) bond motifs is 2. The first kappa shape index (κ1) is 23.6. The largest absolute Gasteiger partial charge is 0.497 e. The van der Waals surface area contributed by atoms with Crippen LogP contribution in [0.5, 0.6) is 5.75 Å². The van der Waals surface area contributed by atoms with Crippen LogP contribution >= 0.6 is 0 Å². The summed E-state index contributed by atoms with van der Waals surface area (Å²) in [4.78, 5) is 31.5. The lowest BCUT2D eigenvalue weighted by Crippen LogP contribution is -2.34. The molecule has 1 aliphatic heterocycles. The van der Waals surface area contributed by atoms with Crippen LogP contribution in [-0.4, -0.2) is 55.6 Å². The number of hydrogen-bond acceptors (Lipinski definition) is 4. The number of aromatic nitrogens is 1. The van der Waals surface area contributed by atoms with Gasteiger partial charge in [-0.15, -0.1) is 0 Å². The van der Waals surface area contributed by atoms with E-state index in [4.69, 9.17) is 9.47 Å². The quantitative estimate of drug-likeness (QED) is 0.343. The van der Waals surface area contributed by atoms with E-state index in [1.54, 1.807) is 14.2 Å². The molecule has 1 atom stereocenters. The van der Waals surface area contributed by atoms with Crippen molar-refractivity contribution in [3.8, 4) is 17.0 Å². The molecular formula is C29H29N3O4. The van der Waals surface area contributed by atoms with E-state index in [1.807, 2.05) is 71.6 Å². The minimum absolute atomic E-state index is 0.0674. The van der Waals surface area contributed by atoms with E-state index in [9.17, 15) is 9.59 Å². The molecule has 1 unspecified atom stereocenters. The maximum Gasteiger partial charge on any atom is 0.255 e. The van der Waals surface area contributed by atoms with Crippen LogP contribution in [-0.2, 0) is 9.53 Å². The number of amides is 2. The summed E-state index contributed by atoms with van der Waals surface area (Å²) in [6, 6.07) is 23.4. The van der Waals surface area contributed by atoms with Crippen LogP contribution in [0.25, 0.3) is 22.2 Å². The van der Waals surface area contributed by atoms with E-state index in [2.05, 4.69) is 16.4 Å². The number of carbonyl (C=O) groups is 2. The van der Waals surface area contributed by atoms with Gasteiger partial charge in [0.05, 0.1) is 25.5 Å². The normalized spacial score (nSPS) is 14.8. The average Bonchev–Trinajstić information content (AvgIpc) is 3.42. The van der Waals surface area contributed by atoms with Crippen molar-refractivity contribution >= 4 is 22.7 Å². The molecule has 5 rings (SSSR count). The van der Waals surface area contributed by atoms with Gasteiger partial charge in [-0.2, -0.15) is 0 Å². The lowest BCUT2D eigenvalue weighted by Gasteiger charge is -2.26. The lowest BCUT2D eigenvalue weighted by atomic mass is 9.93. The van der Waals surface area contributed by atoms with Gasteiger partial charge in [0, 0.05) is 54.2 Å². The SMILES string of the molecule is COCCNC(=O)CCN1C(=O)c2ccccc2C1c1c(-c2cccc(OC)c2)[nH]c2ccccc12. The van der Waals surface area contributed by atoms with Gasteiger partial charge in [0.25, 0.3) is 5.91 Å². The van der Waals surface area contributed by atoms with E-state index in [-0.39, 0.29) is 24.3 Å². The summed E-state index contributed by atoms with van der Waals surface area (Å²) in [7, 11) is 3.24. The number of rotatable bonds is 9. The Bertz CT molecular complexity index is 1410. The van der Waals surface area contributed by atoms with Crippen molar-refractivity contribution < 1.29 is 19.1 Å². The van der Waals surface area contributed by atoms with E-state index in [1.165, 1.54) is 0 Å². The average molecular weight is 484 g/mol.